The van der Waals surface area contributed by atoms with Crippen molar-refractivity contribution < 1.29 is 13.5 Å². The molecule has 68 valence electrons. The largest absolute Gasteiger partial charge is 0.472 e. The molecule has 0 aromatic rings. The summed E-state index contributed by atoms with van der Waals surface area (Å²) in [5, 5.41) is 0. The average molecular weight is 175 g/mol. The van der Waals surface area contributed by atoms with Crippen molar-refractivity contribution in [2.45, 2.75) is 13.3 Å². The molecule has 0 fully saturated rings. The Kier molecular flexibility index (Phi) is 4.92. The topological polar surface area (TPSA) is 21.6 Å². The summed E-state index contributed by atoms with van der Waals surface area (Å²) in [5.41, 5.74) is 0.705. The number of nitrogens with zero attached hydrogens (tertiary/aromatic N) is 1. The predicted molar refractivity (Wildman–Crippen MR) is 44.4 cm³/mol. The summed E-state index contributed by atoms with van der Waals surface area (Å²) in [6.45, 7) is 7.88. The zero-order valence-electron chi connectivity index (χ0n) is 6.89. The molecule has 0 heterocycles. The molecule has 0 N–H and O–H groups in total. The van der Waals surface area contributed by atoms with E-state index in [1.807, 2.05) is 0 Å². The molecule has 0 saturated carbocycles. The van der Waals surface area contributed by atoms with Crippen LogP contribution in [0.5, 0.6) is 0 Å². The number of allylic oxidation sites excluding steroid dienone is 1. The number of aliphatic imine (C=N–C) groups is 1. The summed E-state index contributed by atoms with van der Waals surface area (Å²) in [6, 6.07) is 0. The minimum absolute atomic E-state index is 0.0294. The van der Waals surface area contributed by atoms with Crippen LogP contribution in [0.2, 0.25) is 0 Å². The minimum Gasteiger partial charge on any atom is -0.472 e. The Morgan fingerprint density at radius 3 is 2.58 bits per heavy atom. The number of alkyl halides is 2. The fourth-order valence-corrected chi connectivity index (χ4v) is 0.379. The van der Waals surface area contributed by atoms with Crippen LogP contribution in [0.15, 0.2) is 29.6 Å². The molecule has 0 atom stereocenters. The van der Waals surface area contributed by atoms with Gasteiger partial charge in [0.15, 0.2) is 6.61 Å². The lowest BCUT2D eigenvalue weighted by Crippen LogP contribution is -2.02. The molecule has 0 radical (unpaired) electrons. The summed E-state index contributed by atoms with van der Waals surface area (Å²) in [6.07, 6.45) is -1.10. The van der Waals surface area contributed by atoms with E-state index in [2.05, 4.69) is 22.9 Å². The molecule has 0 aliphatic rings. The molecule has 2 nitrogen and oxygen atoms in total. The standard InChI is InChI=1S/C8H11F2NO/c1-6(2)4-11-7(3)12-5-8(9)10/h4,8H,1,3,5H2,2H3/b11-4-. The SMILES string of the molecule is C=C(C)/C=N\C(=C)OCC(F)F. The molecule has 0 aliphatic heterocycles. The van der Waals surface area contributed by atoms with E-state index in [4.69, 9.17) is 0 Å². The maximum Gasteiger partial charge on any atom is 0.272 e. The van der Waals surface area contributed by atoms with E-state index >= 15 is 0 Å². The first-order chi connectivity index (χ1) is 5.52. The molecule has 0 aromatic heterocycles. The molecule has 0 rings (SSSR count). The highest BCUT2D eigenvalue weighted by Crippen LogP contribution is 2.00. The van der Waals surface area contributed by atoms with Gasteiger partial charge in [-0.1, -0.05) is 6.58 Å². The Labute approximate surface area is 70.3 Å². The Balaban J connectivity index is 3.67. The third-order valence-corrected chi connectivity index (χ3v) is 0.805. The van der Waals surface area contributed by atoms with Crippen LogP contribution in [0.1, 0.15) is 6.92 Å². The first-order valence-corrected chi connectivity index (χ1v) is 3.32. The number of rotatable bonds is 5. The van der Waals surface area contributed by atoms with E-state index in [1.54, 1.807) is 6.92 Å². The van der Waals surface area contributed by atoms with Gasteiger partial charge < -0.3 is 4.74 Å². The van der Waals surface area contributed by atoms with Gasteiger partial charge in [0, 0.05) is 6.21 Å². The lowest BCUT2D eigenvalue weighted by Gasteiger charge is -2.02. The highest BCUT2D eigenvalue weighted by atomic mass is 19.3. The van der Waals surface area contributed by atoms with Gasteiger partial charge in [-0.3, -0.25) is 0 Å². The van der Waals surface area contributed by atoms with Crippen molar-refractivity contribution in [2.75, 3.05) is 6.61 Å². The Hall–Kier alpha value is -1.19. The zero-order chi connectivity index (χ0) is 9.56. The fraction of sp³-hybridized carbons (Fsp3) is 0.375. The molecule has 0 aromatic carbocycles. The molecule has 0 unspecified atom stereocenters. The molecular weight excluding hydrogens is 164 g/mol. The van der Waals surface area contributed by atoms with Crippen molar-refractivity contribution in [3.8, 4) is 0 Å². The maximum atomic E-state index is 11.6. The van der Waals surface area contributed by atoms with Gasteiger partial charge in [-0.25, -0.2) is 13.8 Å². The molecule has 0 aliphatic carbocycles. The molecule has 0 bridgehead atoms. The van der Waals surface area contributed by atoms with Crippen LogP contribution in [0.25, 0.3) is 0 Å². The lowest BCUT2D eigenvalue weighted by atomic mass is 10.4. The van der Waals surface area contributed by atoms with Gasteiger partial charge in [0.2, 0.25) is 5.88 Å². The molecule has 4 heteroatoms. The lowest BCUT2D eigenvalue weighted by molar-refractivity contribution is 0.0487. The van der Waals surface area contributed by atoms with E-state index in [0.29, 0.717) is 5.57 Å². The number of hydrogen-bond donors (Lipinski definition) is 0. The second-order valence-corrected chi connectivity index (χ2v) is 2.20. The zero-order valence-corrected chi connectivity index (χ0v) is 6.89. The second-order valence-electron chi connectivity index (χ2n) is 2.20. The van der Waals surface area contributed by atoms with Crippen molar-refractivity contribution in [3.63, 3.8) is 0 Å². The minimum atomic E-state index is -2.50. The molecule has 0 saturated heterocycles. The van der Waals surface area contributed by atoms with Crippen molar-refractivity contribution >= 4 is 6.21 Å². The predicted octanol–water partition coefficient (Wildman–Crippen LogP) is 2.39. The first kappa shape index (κ1) is 10.8. The quantitative estimate of drug-likeness (QED) is 0.464. The van der Waals surface area contributed by atoms with Gasteiger partial charge in [0.25, 0.3) is 6.43 Å². The summed E-state index contributed by atoms with van der Waals surface area (Å²) in [7, 11) is 0. The highest BCUT2D eigenvalue weighted by Gasteiger charge is 2.02. The Morgan fingerprint density at radius 2 is 2.17 bits per heavy atom. The fourth-order valence-electron chi connectivity index (χ4n) is 0.379. The molecular formula is C8H11F2NO. The van der Waals surface area contributed by atoms with E-state index < -0.39 is 13.0 Å². The Morgan fingerprint density at radius 1 is 1.58 bits per heavy atom. The van der Waals surface area contributed by atoms with Gasteiger partial charge >= 0.3 is 0 Å². The third-order valence-electron chi connectivity index (χ3n) is 0.805. The van der Waals surface area contributed by atoms with Crippen LogP contribution >= 0.6 is 0 Å². The van der Waals surface area contributed by atoms with Crippen LogP contribution in [-0.4, -0.2) is 19.2 Å². The van der Waals surface area contributed by atoms with Gasteiger partial charge in [-0.2, -0.15) is 0 Å². The smallest absolute Gasteiger partial charge is 0.272 e. The van der Waals surface area contributed by atoms with E-state index in [-0.39, 0.29) is 5.88 Å². The Bertz CT molecular complexity index is 199. The number of ether oxygens (including phenoxy) is 1. The average Bonchev–Trinajstić information content (AvgIpc) is 1.96. The van der Waals surface area contributed by atoms with E-state index in [9.17, 15) is 8.78 Å². The second kappa shape index (κ2) is 5.46. The van der Waals surface area contributed by atoms with Crippen molar-refractivity contribution in [1.29, 1.82) is 0 Å². The molecule has 0 amide bonds. The molecule has 0 spiro atoms. The monoisotopic (exact) mass is 175 g/mol. The van der Waals surface area contributed by atoms with Crippen LogP contribution in [0, 0.1) is 0 Å². The molecule has 12 heavy (non-hydrogen) atoms. The summed E-state index contributed by atoms with van der Waals surface area (Å²) >= 11 is 0. The summed E-state index contributed by atoms with van der Waals surface area (Å²) in [4.78, 5) is 3.62. The number of hydrogen-bond acceptors (Lipinski definition) is 2. The van der Waals surface area contributed by atoms with E-state index in [0.717, 1.165) is 0 Å². The van der Waals surface area contributed by atoms with Crippen LogP contribution in [-0.2, 0) is 4.74 Å². The van der Waals surface area contributed by atoms with Gasteiger partial charge in [0.1, 0.15) is 0 Å². The normalized spacial score (nSPS) is 10.7. The van der Waals surface area contributed by atoms with Crippen LogP contribution in [0.4, 0.5) is 8.78 Å². The van der Waals surface area contributed by atoms with Crippen LogP contribution < -0.4 is 0 Å². The van der Waals surface area contributed by atoms with Gasteiger partial charge in [-0.05, 0) is 19.1 Å². The van der Waals surface area contributed by atoms with Crippen molar-refractivity contribution in [3.05, 3.63) is 24.6 Å². The van der Waals surface area contributed by atoms with Gasteiger partial charge in [0.05, 0.1) is 0 Å². The summed E-state index contributed by atoms with van der Waals surface area (Å²) in [5.74, 6) is -0.0294. The highest BCUT2D eigenvalue weighted by molar-refractivity contribution is 5.77. The number of halogens is 2. The van der Waals surface area contributed by atoms with Gasteiger partial charge in [-0.15, -0.1) is 0 Å². The maximum absolute atomic E-state index is 11.6. The van der Waals surface area contributed by atoms with Crippen molar-refractivity contribution in [2.24, 2.45) is 4.99 Å². The summed E-state index contributed by atoms with van der Waals surface area (Å²) < 4.78 is 27.6. The van der Waals surface area contributed by atoms with Crippen molar-refractivity contribution in [1.82, 2.24) is 0 Å². The van der Waals surface area contributed by atoms with E-state index in [1.165, 1.54) is 6.21 Å². The van der Waals surface area contributed by atoms with Crippen LogP contribution in [0.3, 0.4) is 0 Å². The third kappa shape index (κ3) is 6.92. The first-order valence-electron chi connectivity index (χ1n) is 3.32.